The predicted octanol–water partition coefficient (Wildman–Crippen LogP) is 5.54. The number of nitrogens with one attached hydrogen (secondary N) is 1. The van der Waals surface area contributed by atoms with E-state index in [-0.39, 0.29) is 23.4 Å². The number of piperidine rings is 1. The monoisotopic (exact) mass is 552 g/mol. The van der Waals surface area contributed by atoms with Gasteiger partial charge in [0.15, 0.2) is 17.4 Å². The first kappa shape index (κ1) is 28.2. The number of ether oxygens (including phenoxy) is 1. The lowest BCUT2D eigenvalue weighted by molar-refractivity contribution is -0.0136. The molecule has 0 spiro atoms. The Bertz CT molecular complexity index is 1320. The smallest absolute Gasteiger partial charge is 0.229 e. The molecule has 0 saturated carbocycles. The Kier molecular flexibility index (Phi) is 8.19. The summed E-state index contributed by atoms with van der Waals surface area (Å²) in [5.41, 5.74) is 1.35. The molecule has 1 unspecified atom stereocenters. The number of aliphatic hydroxyl groups is 1. The van der Waals surface area contributed by atoms with Crippen molar-refractivity contribution < 1.29 is 18.6 Å². The maximum Gasteiger partial charge on any atom is 0.229 e. The minimum Gasteiger partial charge on any atom is -0.486 e. The van der Waals surface area contributed by atoms with Crippen LogP contribution in [0, 0.1) is 17.6 Å². The van der Waals surface area contributed by atoms with Crippen molar-refractivity contribution in [2.24, 2.45) is 5.92 Å². The summed E-state index contributed by atoms with van der Waals surface area (Å²) < 4.78 is 35.5. The van der Waals surface area contributed by atoms with Crippen LogP contribution in [-0.4, -0.2) is 62.8 Å². The van der Waals surface area contributed by atoms with Crippen LogP contribution in [0.1, 0.15) is 52.5 Å². The molecule has 2 aromatic heterocycles. The minimum absolute atomic E-state index is 0.0000420. The van der Waals surface area contributed by atoms with Crippen molar-refractivity contribution in [2.75, 3.05) is 36.5 Å². The summed E-state index contributed by atoms with van der Waals surface area (Å²) in [6.45, 7) is 11.6. The van der Waals surface area contributed by atoms with Crippen molar-refractivity contribution >= 4 is 17.5 Å². The fourth-order valence-electron chi connectivity index (χ4n) is 5.51. The van der Waals surface area contributed by atoms with E-state index in [1.807, 2.05) is 26.0 Å². The molecule has 0 bridgehead atoms. The highest BCUT2D eigenvalue weighted by Gasteiger charge is 2.30. The summed E-state index contributed by atoms with van der Waals surface area (Å²) in [5.74, 6) is 0.00417. The summed E-state index contributed by atoms with van der Waals surface area (Å²) >= 11 is 0. The van der Waals surface area contributed by atoms with E-state index in [9.17, 15) is 9.50 Å². The second-order valence-electron chi connectivity index (χ2n) is 11.4. The molecule has 1 saturated heterocycles. The average Bonchev–Trinajstić information content (AvgIpc) is 2.94. The number of hydrogen-bond donors (Lipinski definition) is 2. The number of rotatable bonds is 8. The van der Waals surface area contributed by atoms with Gasteiger partial charge >= 0.3 is 0 Å². The molecule has 1 atom stereocenters. The molecule has 0 aliphatic carbocycles. The molecule has 1 aromatic carbocycles. The van der Waals surface area contributed by atoms with Gasteiger partial charge in [0, 0.05) is 24.3 Å². The highest BCUT2D eigenvalue weighted by atomic mass is 19.1. The number of hydrogen-bond acceptors (Lipinski definition) is 8. The zero-order valence-electron chi connectivity index (χ0n) is 23.6. The van der Waals surface area contributed by atoms with Crippen LogP contribution in [0.2, 0.25) is 0 Å². The molecular formula is C30H38F2N6O2. The number of aromatic nitrogens is 3. The number of pyridine rings is 1. The lowest BCUT2D eigenvalue weighted by atomic mass is 9.83. The summed E-state index contributed by atoms with van der Waals surface area (Å²) in [4.78, 5) is 17.4. The van der Waals surface area contributed by atoms with E-state index in [1.54, 1.807) is 12.3 Å². The Morgan fingerprint density at radius 1 is 1.10 bits per heavy atom. The lowest BCUT2D eigenvalue weighted by Crippen LogP contribution is -2.41. The molecule has 10 heteroatoms. The number of nitrogens with zero attached hydrogens (tertiary/aromatic N) is 5. The third-order valence-electron chi connectivity index (χ3n) is 8.11. The third kappa shape index (κ3) is 6.18. The van der Waals surface area contributed by atoms with E-state index in [2.05, 4.69) is 43.9 Å². The summed E-state index contributed by atoms with van der Waals surface area (Å²) in [6, 6.07) is 7.00. The second-order valence-corrected chi connectivity index (χ2v) is 11.4. The van der Waals surface area contributed by atoms with Crippen LogP contribution < -0.4 is 15.0 Å². The van der Waals surface area contributed by atoms with Gasteiger partial charge in [-0.25, -0.2) is 23.7 Å². The first-order valence-electron chi connectivity index (χ1n) is 14.0. The van der Waals surface area contributed by atoms with Gasteiger partial charge in [-0.1, -0.05) is 13.0 Å². The van der Waals surface area contributed by atoms with E-state index in [0.29, 0.717) is 36.1 Å². The minimum atomic E-state index is -0.645. The fourth-order valence-corrected chi connectivity index (χ4v) is 5.51. The third-order valence-corrected chi connectivity index (χ3v) is 8.11. The Morgan fingerprint density at radius 3 is 2.55 bits per heavy atom. The van der Waals surface area contributed by atoms with Gasteiger partial charge in [-0.15, -0.1) is 0 Å². The Balaban J connectivity index is 1.29. The van der Waals surface area contributed by atoms with Crippen molar-refractivity contribution in [3.8, 4) is 17.0 Å². The summed E-state index contributed by atoms with van der Waals surface area (Å²) in [6.07, 6.45) is 5.70. The number of anilines is 3. The SMILES string of the molecule is CCC(C)N1CCOc2c(F)cc(-c3nc(Nc4ccc(CN5CCC(C(C)(C)O)CC5)cn4)ncc3F)cc21. The van der Waals surface area contributed by atoms with Crippen LogP contribution in [0.4, 0.5) is 26.2 Å². The van der Waals surface area contributed by atoms with Crippen molar-refractivity contribution in [2.45, 2.75) is 65.1 Å². The molecule has 2 N–H and O–H groups in total. The van der Waals surface area contributed by atoms with Crippen LogP contribution >= 0.6 is 0 Å². The van der Waals surface area contributed by atoms with Crippen molar-refractivity contribution in [3.05, 3.63) is 53.9 Å². The molecule has 1 fully saturated rings. The van der Waals surface area contributed by atoms with Gasteiger partial charge in [-0.05, 0) is 82.8 Å². The number of benzene rings is 1. The lowest BCUT2D eigenvalue weighted by Gasteiger charge is -2.37. The van der Waals surface area contributed by atoms with Crippen LogP contribution in [0.15, 0.2) is 36.7 Å². The summed E-state index contributed by atoms with van der Waals surface area (Å²) in [5, 5.41) is 13.3. The normalized spacial score (nSPS) is 17.3. The van der Waals surface area contributed by atoms with Crippen molar-refractivity contribution in [1.29, 1.82) is 0 Å². The van der Waals surface area contributed by atoms with Crippen molar-refractivity contribution in [3.63, 3.8) is 0 Å². The average molecular weight is 553 g/mol. The second kappa shape index (κ2) is 11.6. The topological polar surface area (TPSA) is 86.6 Å². The number of fused-ring (bicyclic) bond motifs is 1. The van der Waals surface area contributed by atoms with Gasteiger partial charge in [0.2, 0.25) is 5.95 Å². The molecule has 5 rings (SSSR count). The molecule has 2 aliphatic rings. The van der Waals surface area contributed by atoms with Gasteiger partial charge in [0.25, 0.3) is 0 Å². The van der Waals surface area contributed by atoms with Gasteiger partial charge in [-0.3, -0.25) is 4.90 Å². The zero-order chi connectivity index (χ0) is 28.4. The Hall–Kier alpha value is -3.37. The number of likely N-dealkylation sites (tertiary alicyclic amines) is 1. The van der Waals surface area contributed by atoms with Gasteiger partial charge < -0.3 is 20.1 Å². The van der Waals surface area contributed by atoms with E-state index in [0.717, 1.165) is 50.7 Å². The van der Waals surface area contributed by atoms with Gasteiger partial charge in [-0.2, -0.15) is 0 Å². The molecule has 8 nitrogen and oxygen atoms in total. The maximum absolute atomic E-state index is 15.1. The van der Waals surface area contributed by atoms with Gasteiger partial charge in [0.05, 0.1) is 24.0 Å². The quantitative estimate of drug-likeness (QED) is 0.377. The van der Waals surface area contributed by atoms with Crippen molar-refractivity contribution in [1.82, 2.24) is 19.9 Å². The van der Waals surface area contributed by atoms with Crippen LogP contribution in [0.25, 0.3) is 11.3 Å². The molecule has 0 amide bonds. The van der Waals surface area contributed by atoms with E-state index >= 15 is 4.39 Å². The van der Waals surface area contributed by atoms with Gasteiger partial charge in [0.1, 0.15) is 18.1 Å². The number of halogens is 2. The van der Waals surface area contributed by atoms with Crippen LogP contribution in [0.3, 0.4) is 0 Å². The molecule has 2 aliphatic heterocycles. The predicted molar refractivity (Wildman–Crippen MR) is 152 cm³/mol. The fraction of sp³-hybridized carbons (Fsp3) is 0.500. The molecule has 40 heavy (non-hydrogen) atoms. The van der Waals surface area contributed by atoms with E-state index in [4.69, 9.17) is 4.74 Å². The molecule has 4 heterocycles. The van der Waals surface area contributed by atoms with E-state index in [1.165, 1.54) is 6.07 Å². The zero-order valence-corrected chi connectivity index (χ0v) is 23.6. The maximum atomic E-state index is 15.1. The van der Waals surface area contributed by atoms with Crippen LogP contribution in [0.5, 0.6) is 5.75 Å². The highest BCUT2D eigenvalue weighted by molar-refractivity contribution is 5.73. The molecule has 0 radical (unpaired) electrons. The van der Waals surface area contributed by atoms with Crippen LogP contribution in [-0.2, 0) is 6.54 Å². The highest BCUT2D eigenvalue weighted by Crippen LogP contribution is 2.40. The Morgan fingerprint density at radius 2 is 1.88 bits per heavy atom. The van der Waals surface area contributed by atoms with E-state index < -0.39 is 17.2 Å². The first-order valence-corrected chi connectivity index (χ1v) is 14.0. The Labute approximate surface area is 234 Å². The first-order chi connectivity index (χ1) is 19.1. The largest absolute Gasteiger partial charge is 0.486 e. The molecular weight excluding hydrogens is 514 g/mol. The molecule has 3 aromatic rings. The summed E-state index contributed by atoms with van der Waals surface area (Å²) in [7, 11) is 0. The standard InChI is InChI=1S/C30H38F2N6O2/c1-5-19(2)38-12-13-40-28-23(31)14-21(15-25(28)38)27-24(32)17-34-29(36-27)35-26-7-6-20(16-33-26)18-37-10-8-22(9-11-37)30(3,4)39/h6-7,14-17,19,22,39H,5,8-13,18H2,1-4H3,(H,33,34,35,36). The molecule has 214 valence electrons.